The first kappa shape index (κ1) is 12.6. The Balaban J connectivity index is 1.96. The summed E-state index contributed by atoms with van der Waals surface area (Å²) in [6.45, 7) is 4.33. The molecule has 0 amide bonds. The largest absolute Gasteiger partial charge is 0.390 e. The third-order valence-corrected chi connectivity index (χ3v) is 5.35. The van der Waals surface area contributed by atoms with Gasteiger partial charge in [0.05, 0.1) is 24.4 Å². The van der Waals surface area contributed by atoms with E-state index in [0.29, 0.717) is 38.2 Å². The van der Waals surface area contributed by atoms with Crippen molar-refractivity contribution < 1.29 is 20.1 Å². The van der Waals surface area contributed by atoms with Gasteiger partial charge in [0.2, 0.25) is 0 Å². The molecule has 1 aliphatic heterocycles. The van der Waals surface area contributed by atoms with Crippen LogP contribution in [-0.2, 0) is 4.74 Å². The zero-order chi connectivity index (χ0) is 13.0. The lowest BCUT2D eigenvalue weighted by molar-refractivity contribution is -0.184. The Bertz CT molecular complexity index is 358. The maximum Gasteiger partial charge on any atom is 0.103 e. The van der Waals surface area contributed by atoms with Gasteiger partial charge in [-0.2, -0.15) is 0 Å². The van der Waals surface area contributed by atoms with Gasteiger partial charge >= 0.3 is 0 Å². The van der Waals surface area contributed by atoms with Crippen LogP contribution in [-0.4, -0.2) is 45.3 Å². The molecule has 0 bridgehead atoms. The molecule has 1 heterocycles. The van der Waals surface area contributed by atoms with Crippen LogP contribution in [0, 0.1) is 11.8 Å². The zero-order valence-corrected chi connectivity index (χ0v) is 10.6. The molecular weight excluding hydrogens is 232 g/mol. The summed E-state index contributed by atoms with van der Waals surface area (Å²) in [4.78, 5) is 0. The average Bonchev–Trinajstić information content (AvgIpc) is 2.71. The Hall–Kier alpha value is -0.420. The Morgan fingerprint density at radius 1 is 1.28 bits per heavy atom. The minimum Gasteiger partial charge on any atom is -0.390 e. The van der Waals surface area contributed by atoms with Crippen molar-refractivity contribution in [1.82, 2.24) is 0 Å². The maximum atomic E-state index is 10.9. The average molecular weight is 254 g/mol. The van der Waals surface area contributed by atoms with Crippen molar-refractivity contribution in [2.45, 2.75) is 55.5 Å². The lowest BCUT2D eigenvalue weighted by Gasteiger charge is -2.46. The highest BCUT2D eigenvalue weighted by Crippen LogP contribution is 2.61. The standard InChI is InChI=1S/C14H22O4/c1-2-3-9-7-13(17)4-5-18-14(13)8-12(16)11(15)6-10(9)14/h2,9-12,15-17H,1,3-8H2/t9-,10-,11-,12-,13-,14-/m1/s1. The molecule has 102 valence electrons. The SMILES string of the molecule is C=CC[C@@H]1C[C@]2(O)CCO[C@@]23C[C@@H](O)[C@H](O)C[C@H]13. The normalized spacial score (nSPS) is 55.1. The smallest absolute Gasteiger partial charge is 0.103 e. The van der Waals surface area contributed by atoms with E-state index in [0.717, 1.165) is 6.42 Å². The second-order valence-electron chi connectivity index (χ2n) is 6.19. The van der Waals surface area contributed by atoms with Crippen LogP contribution in [0.25, 0.3) is 0 Å². The fourth-order valence-electron chi connectivity index (χ4n) is 4.54. The van der Waals surface area contributed by atoms with E-state index < -0.39 is 23.4 Å². The monoisotopic (exact) mass is 254 g/mol. The highest BCUT2D eigenvalue weighted by atomic mass is 16.5. The molecule has 3 rings (SSSR count). The first-order valence-electron chi connectivity index (χ1n) is 6.86. The molecule has 0 unspecified atom stereocenters. The molecule has 2 saturated carbocycles. The number of hydrogen-bond acceptors (Lipinski definition) is 4. The number of ether oxygens (including phenoxy) is 1. The Morgan fingerprint density at radius 3 is 2.78 bits per heavy atom. The molecule has 3 N–H and O–H groups in total. The maximum absolute atomic E-state index is 10.9. The fraction of sp³-hybridized carbons (Fsp3) is 0.857. The summed E-state index contributed by atoms with van der Waals surface area (Å²) in [6.07, 6.45) is 3.43. The van der Waals surface area contributed by atoms with Crippen LogP contribution < -0.4 is 0 Å². The van der Waals surface area contributed by atoms with E-state index in [9.17, 15) is 15.3 Å². The van der Waals surface area contributed by atoms with Gasteiger partial charge in [-0.15, -0.1) is 6.58 Å². The molecule has 0 aromatic carbocycles. The van der Waals surface area contributed by atoms with Crippen LogP contribution in [0.4, 0.5) is 0 Å². The first-order valence-corrected chi connectivity index (χ1v) is 6.86. The van der Waals surface area contributed by atoms with Gasteiger partial charge in [0.25, 0.3) is 0 Å². The summed E-state index contributed by atoms with van der Waals surface area (Å²) < 4.78 is 5.91. The van der Waals surface area contributed by atoms with Gasteiger partial charge < -0.3 is 20.1 Å². The third kappa shape index (κ3) is 1.46. The summed E-state index contributed by atoms with van der Waals surface area (Å²) >= 11 is 0. The predicted octanol–water partition coefficient (Wildman–Crippen LogP) is 0.604. The Kier molecular flexibility index (Phi) is 2.83. The molecule has 6 atom stereocenters. The number of hydrogen-bond donors (Lipinski definition) is 3. The van der Waals surface area contributed by atoms with Gasteiger partial charge in [-0.05, 0) is 31.1 Å². The zero-order valence-electron chi connectivity index (χ0n) is 10.6. The van der Waals surface area contributed by atoms with E-state index in [1.54, 1.807) is 0 Å². The van der Waals surface area contributed by atoms with Crippen molar-refractivity contribution in [3.63, 3.8) is 0 Å². The highest BCUT2D eigenvalue weighted by molar-refractivity contribution is 5.19. The predicted molar refractivity (Wildman–Crippen MR) is 65.9 cm³/mol. The molecule has 18 heavy (non-hydrogen) atoms. The van der Waals surface area contributed by atoms with E-state index in [4.69, 9.17) is 4.74 Å². The molecule has 4 heteroatoms. The topological polar surface area (TPSA) is 69.9 Å². The summed E-state index contributed by atoms with van der Waals surface area (Å²) in [5.74, 6) is 0.427. The molecular formula is C14H22O4. The molecule has 3 aliphatic rings. The molecule has 4 nitrogen and oxygen atoms in total. The molecule has 2 aliphatic carbocycles. The van der Waals surface area contributed by atoms with E-state index in [1.807, 2.05) is 6.08 Å². The third-order valence-electron chi connectivity index (χ3n) is 5.35. The van der Waals surface area contributed by atoms with Gasteiger partial charge in [-0.25, -0.2) is 0 Å². The lowest BCUT2D eigenvalue weighted by atomic mass is 9.68. The van der Waals surface area contributed by atoms with Crippen molar-refractivity contribution in [3.05, 3.63) is 12.7 Å². The van der Waals surface area contributed by atoms with Crippen LogP contribution in [0.5, 0.6) is 0 Å². The molecule has 1 spiro atoms. The summed E-state index contributed by atoms with van der Waals surface area (Å²) in [6, 6.07) is 0. The van der Waals surface area contributed by atoms with Crippen LogP contribution in [0.1, 0.15) is 32.1 Å². The van der Waals surface area contributed by atoms with Gasteiger partial charge in [-0.3, -0.25) is 0 Å². The molecule has 0 aromatic heterocycles. The van der Waals surface area contributed by atoms with Gasteiger partial charge in [0, 0.05) is 12.8 Å². The Morgan fingerprint density at radius 2 is 2.06 bits per heavy atom. The second kappa shape index (κ2) is 4.04. The van der Waals surface area contributed by atoms with Crippen molar-refractivity contribution in [2.75, 3.05) is 6.61 Å². The number of allylic oxidation sites excluding steroid dienone is 1. The van der Waals surface area contributed by atoms with Gasteiger partial charge in [0.1, 0.15) is 5.60 Å². The summed E-state index contributed by atoms with van der Waals surface area (Å²) in [7, 11) is 0. The number of aliphatic hydroxyl groups is 3. The summed E-state index contributed by atoms with van der Waals surface area (Å²) in [5, 5.41) is 30.7. The quantitative estimate of drug-likeness (QED) is 0.631. The van der Waals surface area contributed by atoms with Crippen molar-refractivity contribution >= 4 is 0 Å². The fourth-order valence-corrected chi connectivity index (χ4v) is 4.54. The molecule has 1 saturated heterocycles. The number of rotatable bonds is 2. The Labute approximate surface area is 107 Å². The summed E-state index contributed by atoms with van der Waals surface area (Å²) in [5.41, 5.74) is -1.47. The van der Waals surface area contributed by atoms with Crippen LogP contribution in [0.2, 0.25) is 0 Å². The van der Waals surface area contributed by atoms with E-state index in [2.05, 4.69) is 6.58 Å². The van der Waals surface area contributed by atoms with Crippen LogP contribution in [0.3, 0.4) is 0 Å². The number of aliphatic hydroxyl groups excluding tert-OH is 2. The van der Waals surface area contributed by atoms with Gasteiger partial charge in [0.15, 0.2) is 0 Å². The van der Waals surface area contributed by atoms with E-state index in [1.165, 1.54) is 0 Å². The molecule has 0 radical (unpaired) electrons. The van der Waals surface area contributed by atoms with E-state index in [-0.39, 0.29) is 5.92 Å². The van der Waals surface area contributed by atoms with Gasteiger partial charge in [-0.1, -0.05) is 6.08 Å². The molecule has 0 aromatic rings. The minimum atomic E-state index is -0.827. The molecule has 3 fully saturated rings. The van der Waals surface area contributed by atoms with Crippen molar-refractivity contribution in [3.8, 4) is 0 Å². The van der Waals surface area contributed by atoms with Crippen LogP contribution >= 0.6 is 0 Å². The first-order chi connectivity index (χ1) is 8.52. The highest BCUT2D eigenvalue weighted by Gasteiger charge is 2.68. The van der Waals surface area contributed by atoms with Crippen LogP contribution in [0.15, 0.2) is 12.7 Å². The van der Waals surface area contributed by atoms with E-state index >= 15 is 0 Å². The second-order valence-corrected chi connectivity index (χ2v) is 6.19. The lowest BCUT2D eigenvalue weighted by Crippen LogP contribution is -2.58. The van der Waals surface area contributed by atoms with Crippen molar-refractivity contribution in [1.29, 1.82) is 0 Å². The minimum absolute atomic E-state index is 0.126. The van der Waals surface area contributed by atoms with Crippen molar-refractivity contribution in [2.24, 2.45) is 11.8 Å².